The maximum absolute atomic E-state index is 8.58. The van der Waals surface area contributed by atoms with Crippen molar-refractivity contribution in [1.29, 1.82) is 0 Å². The fraction of sp³-hybridized carbons (Fsp3) is 0.333. The third kappa shape index (κ3) is 4.91. The number of hydrogen-bond acceptors (Lipinski definition) is 0. The van der Waals surface area contributed by atoms with Crippen LogP contribution in [0.25, 0.3) is 34.4 Å². The van der Waals surface area contributed by atoms with Crippen molar-refractivity contribution in [1.82, 2.24) is 0 Å². The molecule has 0 aromatic heterocycles. The summed E-state index contributed by atoms with van der Waals surface area (Å²) in [6.45, 7) is 27.4. The van der Waals surface area contributed by atoms with Gasteiger partial charge in [-0.3, -0.25) is 0 Å². The molecule has 0 nitrogen and oxygen atoms in total. The van der Waals surface area contributed by atoms with Crippen molar-refractivity contribution < 1.29 is 15.6 Å². The molecular formula is C42H49Cl2SiZr. The quantitative estimate of drug-likeness (QED) is 0.179. The van der Waals surface area contributed by atoms with Gasteiger partial charge in [-0.2, -0.15) is 0 Å². The van der Waals surface area contributed by atoms with Gasteiger partial charge in [-0.1, -0.05) is 0 Å². The summed E-state index contributed by atoms with van der Waals surface area (Å²) in [4.78, 5) is 0. The summed E-state index contributed by atoms with van der Waals surface area (Å²) in [6, 6.07) is 18.7. The van der Waals surface area contributed by atoms with Crippen LogP contribution in [0.4, 0.5) is 0 Å². The van der Waals surface area contributed by atoms with Crippen molar-refractivity contribution in [3.63, 3.8) is 0 Å². The fourth-order valence-electron chi connectivity index (χ4n) is 9.03. The first-order valence-corrected chi connectivity index (χ1v) is 33.2. The number of hydrogen-bond donors (Lipinski definition) is 0. The Bertz CT molecular complexity index is 1890. The molecule has 0 fully saturated rings. The normalized spacial score (nSPS) is 18.3. The Hall–Kier alpha value is -1.96. The molecule has 2 atom stereocenters. The molecule has 0 heterocycles. The SMILES string of the molecule is CC1=Cc2c(ccc(C)c2-c2cc(C)cc(C)c2C)[CH]1[Zr]([Cl])([Cl])([CH]1C(C)=Cc2c1ccc(C)c2-c1cc(C)cc(C)c1C)[SiH](C)C. The zero-order valence-corrected chi connectivity index (χ0v) is 34.9. The third-order valence-corrected chi connectivity index (χ3v) is 63.9. The maximum atomic E-state index is 8.58. The van der Waals surface area contributed by atoms with E-state index in [0.717, 1.165) is 0 Å². The molecule has 4 aromatic carbocycles. The Balaban J connectivity index is 1.60. The number of halogens is 2. The molecule has 0 bridgehead atoms. The average molecular weight is 744 g/mol. The summed E-state index contributed by atoms with van der Waals surface area (Å²) < 4.78 is 0.174. The first kappa shape index (κ1) is 33.9. The molecule has 0 spiro atoms. The summed E-state index contributed by atoms with van der Waals surface area (Å²) in [7, 11) is 17.2. The van der Waals surface area contributed by atoms with Gasteiger partial charge in [-0.05, 0) is 0 Å². The van der Waals surface area contributed by atoms with Crippen LogP contribution in [0.5, 0.6) is 0 Å². The first-order chi connectivity index (χ1) is 21.5. The molecule has 2 aliphatic rings. The minimum atomic E-state index is -4.78. The van der Waals surface area contributed by atoms with Crippen molar-refractivity contribution in [3.8, 4) is 22.3 Å². The van der Waals surface area contributed by atoms with Crippen molar-refractivity contribution in [2.75, 3.05) is 0 Å². The van der Waals surface area contributed by atoms with Gasteiger partial charge in [0.25, 0.3) is 0 Å². The summed E-state index contributed by atoms with van der Waals surface area (Å²) in [5, 5.41) is 0. The van der Waals surface area contributed by atoms with Gasteiger partial charge in [0.15, 0.2) is 0 Å². The van der Waals surface area contributed by atoms with Crippen LogP contribution >= 0.6 is 17.0 Å². The van der Waals surface area contributed by atoms with Gasteiger partial charge in [-0.15, -0.1) is 0 Å². The van der Waals surface area contributed by atoms with E-state index in [1.165, 1.54) is 100 Å². The molecule has 239 valence electrons. The summed E-state index contributed by atoms with van der Waals surface area (Å²) >= 11 is -4.78. The van der Waals surface area contributed by atoms with Crippen molar-refractivity contribution in [2.45, 2.75) is 89.6 Å². The van der Waals surface area contributed by atoms with Gasteiger partial charge in [0.05, 0.1) is 0 Å². The molecule has 4 aromatic rings. The Morgan fingerprint density at radius 2 is 0.891 bits per heavy atom. The summed E-state index contributed by atoms with van der Waals surface area (Å²) in [6.07, 6.45) is 4.89. The van der Waals surface area contributed by atoms with E-state index >= 15 is 0 Å². The van der Waals surface area contributed by atoms with E-state index < -0.39 is 21.5 Å². The van der Waals surface area contributed by atoms with E-state index in [1.807, 2.05) is 0 Å². The van der Waals surface area contributed by atoms with Gasteiger partial charge < -0.3 is 0 Å². The van der Waals surface area contributed by atoms with E-state index in [9.17, 15) is 0 Å². The van der Waals surface area contributed by atoms with E-state index in [1.54, 1.807) is 0 Å². The molecule has 2 unspecified atom stereocenters. The Morgan fingerprint density at radius 3 is 1.24 bits per heavy atom. The monoisotopic (exact) mass is 741 g/mol. The third-order valence-electron chi connectivity index (χ3n) is 11.6. The molecule has 0 amide bonds. The fourth-order valence-corrected chi connectivity index (χ4v) is 41.9. The van der Waals surface area contributed by atoms with Crippen LogP contribution in [0.2, 0.25) is 13.1 Å². The zero-order valence-electron chi connectivity index (χ0n) is 29.8. The average Bonchev–Trinajstić information content (AvgIpc) is 3.49. The van der Waals surface area contributed by atoms with Crippen LogP contribution in [0, 0.1) is 55.4 Å². The molecular weight excluding hydrogens is 695 g/mol. The van der Waals surface area contributed by atoms with E-state index in [-0.39, 0.29) is 7.25 Å². The molecule has 6 rings (SSSR count). The predicted octanol–water partition coefficient (Wildman–Crippen LogP) is 13.1. The second kappa shape index (κ2) is 11.6. The zero-order chi connectivity index (χ0) is 33.6. The van der Waals surface area contributed by atoms with E-state index in [0.29, 0.717) is 0 Å². The van der Waals surface area contributed by atoms with Crippen molar-refractivity contribution in [2.24, 2.45) is 0 Å². The number of benzene rings is 4. The Kier molecular flexibility index (Phi) is 8.54. The standard InChI is InChI=1S/2C20H21.C2H7Si.2ClH.Zr/c2*1-12-8-15(4)16(5)18(10-12)20-14(3)6-7-17-9-13(2)11-19(17)20;1-3-2;;;/h2*6-11H,1-5H3;3H,1-2H3;2*1H;/q;;;;;+2/p-2. The topological polar surface area (TPSA) is 0 Å². The number of allylic oxidation sites excluding steroid dienone is 2. The molecule has 46 heavy (non-hydrogen) atoms. The second-order valence-corrected chi connectivity index (χ2v) is 57.6. The first-order valence-electron chi connectivity index (χ1n) is 16.8. The van der Waals surface area contributed by atoms with Crippen LogP contribution in [0.3, 0.4) is 0 Å². The van der Waals surface area contributed by atoms with Crippen molar-refractivity contribution >= 4 is 35.1 Å². The van der Waals surface area contributed by atoms with Crippen LogP contribution in [-0.2, 0) is 15.6 Å². The van der Waals surface area contributed by atoms with E-state index in [2.05, 4.69) is 143 Å². The van der Waals surface area contributed by atoms with E-state index in [4.69, 9.17) is 17.0 Å². The van der Waals surface area contributed by atoms with Crippen LogP contribution < -0.4 is 0 Å². The van der Waals surface area contributed by atoms with Crippen molar-refractivity contribution in [3.05, 3.63) is 126 Å². The number of rotatable bonds is 5. The molecule has 0 N–H and O–H groups in total. The summed E-state index contributed by atoms with van der Waals surface area (Å²) in [5.41, 5.74) is 24.0. The van der Waals surface area contributed by atoms with Crippen LogP contribution in [0.15, 0.2) is 59.7 Å². The molecule has 0 aliphatic heterocycles. The molecule has 0 saturated carbocycles. The predicted molar refractivity (Wildman–Crippen MR) is 205 cm³/mol. The van der Waals surface area contributed by atoms with Crippen LogP contribution in [0.1, 0.15) is 87.9 Å². The van der Waals surface area contributed by atoms with Gasteiger partial charge in [0.1, 0.15) is 0 Å². The Morgan fingerprint density at radius 1 is 0.522 bits per heavy atom. The molecule has 0 saturated heterocycles. The molecule has 0 radical (unpaired) electrons. The molecule has 2 aliphatic carbocycles. The van der Waals surface area contributed by atoms with Gasteiger partial charge in [0.2, 0.25) is 0 Å². The van der Waals surface area contributed by atoms with Gasteiger partial charge in [0, 0.05) is 0 Å². The number of aryl methyl sites for hydroxylation is 6. The number of fused-ring (bicyclic) bond motifs is 2. The Labute approximate surface area is 286 Å². The summed E-state index contributed by atoms with van der Waals surface area (Å²) in [5.74, 6) is -1.61. The van der Waals surface area contributed by atoms with Gasteiger partial charge in [-0.25, -0.2) is 0 Å². The minimum absolute atomic E-state index is 0.0870. The van der Waals surface area contributed by atoms with Gasteiger partial charge >= 0.3 is 289 Å². The second-order valence-electron chi connectivity index (χ2n) is 15.1. The molecule has 4 heteroatoms. The van der Waals surface area contributed by atoms with Crippen LogP contribution in [-0.4, -0.2) is 5.92 Å².